The van der Waals surface area contributed by atoms with Gasteiger partial charge in [0.25, 0.3) is 0 Å². The number of carbonyl (C=O) groups excluding carboxylic acids is 1. The highest BCUT2D eigenvalue weighted by Gasteiger charge is 2.41. The highest BCUT2D eigenvalue weighted by atomic mass is 19.4. The summed E-state index contributed by atoms with van der Waals surface area (Å²) in [6, 6.07) is -0.822. The zero-order valence-electron chi connectivity index (χ0n) is 17.6. The minimum atomic E-state index is -4.54. The molecule has 0 aliphatic heterocycles. The van der Waals surface area contributed by atoms with Crippen LogP contribution in [0.3, 0.4) is 0 Å². The Morgan fingerprint density at radius 2 is 2.00 bits per heavy atom. The molecule has 1 aliphatic carbocycles. The molecule has 2 aromatic heterocycles. The van der Waals surface area contributed by atoms with Gasteiger partial charge in [0.2, 0.25) is 5.91 Å². The second-order valence-electron chi connectivity index (χ2n) is 7.64. The number of rotatable bonds is 8. The lowest BCUT2D eigenvalue weighted by Crippen LogP contribution is -2.34. The normalized spacial score (nSPS) is 14.5. The van der Waals surface area contributed by atoms with Crippen LogP contribution in [0.2, 0.25) is 0 Å². The maximum absolute atomic E-state index is 13.3. The van der Waals surface area contributed by atoms with Crippen LogP contribution in [0.25, 0.3) is 0 Å². The van der Waals surface area contributed by atoms with Crippen molar-refractivity contribution in [2.24, 2.45) is 0 Å². The molecule has 1 amide bonds. The number of carbonyl (C=O) groups is 1. The summed E-state index contributed by atoms with van der Waals surface area (Å²) < 4.78 is 42.7. The van der Waals surface area contributed by atoms with Crippen LogP contribution in [0.1, 0.15) is 60.6 Å². The predicted octanol–water partition coefficient (Wildman–Crippen LogP) is 3.27. The monoisotopic (exact) mass is 442 g/mol. The minimum Gasteiger partial charge on any atom is -0.354 e. The third kappa shape index (κ3) is 4.42. The number of nitro groups is 1. The van der Waals surface area contributed by atoms with E-state index in [1.54, 1.807) is 20.8 Å². The molecule has 0 aromatic carbocycles. The Labute approximate surface area is 176 Å². The van der Waals surface area contributed by atoms with Gasteiger partial charge in [-0.1, -0.05) is 6.92 Å². The number of nitrogens with one attached hydrogen (secondary N) is 1. The summed E-state index contributed by atoms with van der Waals surface area (Å²) in [5, 5.41) is 21.7. The smallest absolute Gasteiger partial charge is 0.354 e. The SMILES string of the molecule is CC[C@@H](C(=O)NCCCn1nc(C)c([N+](=O)[O-])c1C)n1nc(C(F)(F)F)c2c1CCC2. The summed E-state index contributed by atoms with van der Waals surface area (Å²) in [4.78, 5) is 23.3. The lowest BCUT2D eigenvalue weighted by atomic mass is 10.1. The van der Waals surface area contributed by atoms with Gasteiger partial charge < -0.3 is 5.32 Å². The number of hydrogen-bond acceptors (Lipinski definition) is 5. The molecular formula is C19H25F3N6O3. The molecule has 0 saturated carbocycles. The molecule has 3 rings (SSSR count). The van der Waals surface area contributed by atoms with Crippen molar-refractivity contribution in [3.63, 3.8) is 0 Å². The molecule has 2 heterocycles. The standard InChI is InChI=1S/C19H25F3N6O3/c1-4-14(27-15-8-5-7-13(15)17(25-27)19(20,21)22)18(29)23-9-6-10-26-12(3)16(28(30)31)11(2)24-26/h14H,4-10H2,1-3H3,(H,23,29)/t14-/m0/s1. The molecule has 12 heteroatoms. The van der Waals surface area contributed by atoms with E-state index in [0.717, 1.165) is 0 Å². The van der Waals surface area contributed by atoms with Crippen molar-refractivity contribution in [2.45, 2.75) is 71.6 Å². The van der Waals surface area contributed by atoms with Crippen molar-refractivity contribution < 1.29 is 22.9 Å². The van der Waals surface area contributed by atoms with E-state index in [2.05, 4.69) is 15.5 Å². The van der Waals surface area contributed by atoms with Gasteiger partial charge in [-0.25, -0.2) is 0 Å². The maximum atomic E-state index is 13.3. The summed E-state index contributed by atoms with van der Waals surface area (Å²) in [7, 11) is 0. The second kappa shape index (κ2) is 8.67. The highest BCUT2D eigenvalue weighted by Crippen LogP contribution is 2.37. The molecule has 31 heavy (non-hydrogen) atoms. The molecule has 0 bridgehead atoms. The molecule has 170 valence electrons. The van der Waals surface area contributed by atoms with Crippen LogP contribution < -0.4 is 5.32 Å². The Kier molecular flexibility index (Phi) is 6.37. The summed E-state index contributed by atoms with van der Waals surface area (Å²) in [5.41, 5.74) is 0.534. The molecule has 0 unspecified atom stereocenters. The van der Waals surface area contributed by atoms with Crippen LogP contribution in [0.4, 0.5) is 18.9 Å². The summed E-state index contributed by atoms with van der Waals surface area (Å²) in [5.74, 6) is -0.396. The first-order valence-electron chi connectivity index (χ1n) is 10.2. The van der Waals surface area contributed by atoms with Gasteiger partial charge in [-0.05, 0) is 46.0 Å². The van der Waals surface area contributed by atoms with E-state index in [0.29, 0.717) is 55.7 Å². The van der Waals surface area contributed by atoms with Crippen molar-refractivity contribution >= 4 is 11.6 Å². The third-order valence-electron chi connectivity index (χ3n) is 5.58. The first kappa shape index (κ1) is 22.8. The Hall–Kier alpha value is -2.92. The van der Waals surface area contributed by atoms with Crippen LogP contribution in [0.5, 0.6) is 0 Å². The Bertz CT molecular complexity index is 995. The van der Waals surface area contributed by atoms with Gasteiger partial charge in [0.15, 0.2) is 5.69 Å². The third-order valence-corrected chi connectivity index (χ3v) is 5.58. The number of amides is 1. The average Bonchev–Trinajstić information content (AvgIpc) is 3.34. The van der Waals surface area contributed by atoms with E-state index in [4.69, 9.17) is 0 Å². The van der Waals surface area contributed by atoms with E-state index in [9.17, 15) is 28.1 Å². The van der Waals surface area contributed by atoms with Crippen molar-refractivity contribution in [1.82, 2.24) is 24.9 Å². The van der Waals surface area contributed by atoms with Gasteiger partial charge in [-0.15, -0.1) is 0 Å². The second-order valence-corrected chi connectivity index (χ2v) is 7.64. The van der Waals surface area contributed by atoms with E-state index in [1.165, 1.54) is 9.36 Å². The molecule has 1 atom stereocenters. The molecule has 0 fully saturated rings. The number of alkyl halides is 3. The molecule has 0 spiro atoms. The van der Waals surface area contributed by atoms with Gasteiger partial charge in [0.1, 0.15) is 17.4 Å². The van der Waals surface area contributed by atoms with Gasteiger partial charge in [-0.3, -0.25) is 24.3 Å². The molecule has 9 nitrogen and oxygen atoms in total. The van der Waals surface area contributed by atoms with Crippen LogP contribution in [0, 0.1) is 24.0 Å². The zero-order valence-corrected chi connectivity index (χ0v) is 17.6. The fourth-order valence-electron chi connectivity index (χ4n) is 4.15. The Morgan fingerprint density at radius 3 is 2.58 bits per heavy atom. The number of hydrogen-bond donors (Lipinski definition) is 1. The largest absolute Gasteiger partial charge is 0.435 e. The van der Waals surface area contributed by atoms with Crippen LogP contribution in [-0.2, 0) is 30.4 Å². The van der Waals surface area contributed by atoms with Crippen LogP contribution in [0.15, 0.2) is 0 Å². The highest BCUT2D eigenvalue weighted by molar-refractivity contribution is 5.80. The lowest BCUT2D eigenvalue weighted by molar-refractivity contribution is -0.386. The number of fused-ring (bicyclic) bond motifs is 1. The molecule has 1 aliphatic rings. The maximum Gasteiger partial charge on any atom is 0.435 e. The van der Waals surface area contributed by atoms with Gasteiger partial charge >= 0.3 is 11.9 Å². The average molecular weight is 442 g/mol. The molecule has 2 aromatic rings. The van der Waals surface area contributed by atoms with Crippen molar-refractivity contribution in [1.29, 1.82) is 0 Å². The molecule has 1 N–H and O–H groups in total. The molecule has 0 radical (unpaired) electrons. The van der Waals surface area contributed by atoms with Crippen LogP contribution in [-0.4, -0.2) is 36.9 Å². The summed E-state index contributed by atoms with van der Waals surface area (Å²) in [6.45, 7) is 5.53. The van der Waals surface area contributed by atoms with Gasteiger partial charge in [0.05, 0.1) is 4.92 Å². The van der Waals surface area contributed by atoms with E-state index in [-0.39, 0.29) is 17.8 Å². The zero-order chi connectivity index (χ0) is 22.9. The van der Waals surface area contributed by atoms with E-state index in [1.807, 2.05) is 0 Å². The van der Waals surface area contributed by atoms with E-state index < -0.39 is 28.7 Å². The molecule has 0 saturated heterocycles. The number of halogens is 3. The predicted molar refractivity (Wildman–Crippen MR) is 105 cm³/mol. The fourth-order valence-corrected chi connectivity index (χ4v) is 4.15. The molecular weight excluding hydrogens is 417 g/mol. The van der Waals surface area contributed by atoms with Crippen molar-refractivity contribution in [3.8, 4) is 0 Å². The van der Waals surface area contributed by atoms with Crippen molar-refractivity contribution in [3.05, 3.63) is 38.5 Å². The number of aryl methyl sites for hydroxylation is 2. The Morgan fingerprint density at radius 1 is 1.29 bits per heavy atom. The summed E-state index contributed by atoms with van der Waals surface area (Å²) >= 11 is 0. The Balaban J connectivity index is 1.64. The number of nitrogens with zero attached hydrogens (tertiary/aromatic N) is 5. The summed E-state index contributed by atoms with van der Waals surface area (Å²) in [6.07, 6.45) is -2.37. The van der Waals surface area contributed by atoms with Crippen molar-refractivity contribution in [2.75, 3.05) is 6.54 Å². The minimum absolute atomic E-state index is 0.0249. The van der Waals surface area contributed by atoms with Gasteiger partial charge in [0, 0.05) is 24.3 Å². The fraction of sp³-hybridized carbons (Fsp3) is 0.632. The first-order valence-corrected chi connectivity index (χ1v) is 10.2. The van der Waals surface area contributed by atoms with E-state index >= 15 is 0 Å². The lowest BCUT2D eigenvalue weighted by Gasteiger charge is -2.18. The van der Waals surface area contributed by atoms with Crippen LogP contribution >= 0.6 is 0 Å². The topological polar surface area (TPSA) is 108 Å². The quantitative estimate of drug-likeness (QED) is 0.384. The number of aromatic nitrogens is 4. The van der Waals surface area contributed by atoms with Gasteiger partial charge in [-0.2, -0.15) is 23.4 Å². The first-order chi connectivity index (χ1) is 14.6.